The summed E-state index contributed by atoms with van der Waals surface area (Å²) in [6.07, 6.45) is 0. The van der Waals surface area contributed by atoms with Crippen molar-refractivity contribution in [1.82, 2.24) is 5.09 Å². The smallest absolute Gasteiger partial charge is 0.409 e. The number of thiol groups is 1. The average molecular weight is 288 g/mol. The van der Waals surface area contributed by atoms with Gasteiger partial charge in [0.15, 0.2) is 6.04 Å². The Morgan fingerprint density at radius 2 is 1.88 bits per heavy atom. The quantitative estimate of drug-likeness (QED) is 0.225. The van der Waals surface area contributed by atoms with Crippen molar-refractivity contribution in [3.63, 3.8) is 0 Å². The molecule has 0 rings (SSSR count). The fourth-order valence-corrected chi connectivity index (χ4v) is 0.982. The van der Waals surface area contributed by atoms with Gasteiger partial charge in [0, 0.05) is 5.75 Å². The maximum absolute atomic E-state index is 9.98. The minimum absolute atomic E-state index is 0.190. The van der Waals surface area contributed by atoms with Gasteiger partial charge in [0.1, 0.15) is 6.04 Å². The summed E-state index contributed by atoms with van der Waals surface area (Å²) in [4.78, 5) is 29.6. The van der Waals surface area contributed by atoms with Gasteiger partial charge in [0.2, 0.25) is 0 Å². The van der Waals surface area contributed by atoms with E-state index in [1.54, 1.807) is 5.09 Å². The molecule has 0 spiro atoms. The Morgan fingerprint density at radius 3 is 1.94 bits per heavy atom. The van der Waals surface area contributed by atoms with Gasteiger partial charge in [-0.1, -0.05) is 9.65 Å². The molecule has 3 unspecified atom stereocenters. The van der Waals surface area contributed by atoms with Gasteiger partial charge in [0.25, 0.3) is 0 Å². The molecule has 0 amide bonds. The molecule has 0 aliphatic heterocycles. The first-order valence-electron chi connectivity index (χ1n) is 4.09. The number of nitrogens with two attached hydrogens (primary N) is 1. The maximum atomic E-state index is 9.98. The summed E-state index contributed by atoms with van der Waals surface area (Å²) >= 11 is 3.65. The van der Waals surface area contributed by atoms with Crippen LogP contribution >= 0.6 is 20.8 Å². The third-order valence-corrected chi connectivity index (χ3v) is 2.17. The van der Waals surface area contributed by atoms with Crippen LogP contribution in [0.2, 0.25) is 0 Å². The number of carboxylic acid groups (broad SMARTS) is 2. The van der Waals surface area contributed by atoms with Crippen LogP contribution in [0.4, 0.5) is 0 Å². The summed E-state index contributed by atoms with van der Waals surface area (Å²) < 4.78 is 9.82. The molecular weight excluding hydrogens is 275 g/mol. The Kier molecular flexibility index (Phi) is 11.4. The highest BCUT2D eigenvalue weighted by atomic mass is 32.1. The van der Waals surface area contributed by atoms with Crippen LogP contribution < -0.4 is 15.7 Å². The average Bonchev–Trinajstić information content (AvgIpc) is 2.24. The second kappa shape index (κ2) is 10.4. The zero-order valence-electron chi connectivity index (χ0n) is 8.52. The van der Waals surface area contributed by atoms with Gasteiger partial charge in [-0.3, -0.25) is 9.59 Å². The lowest BCUT2D eigenvalue weighted by molar-refractivity contribution is -0.169. The summed E-state index contributed by atoms with van der Waals surface area (Å²) in [6, 6.07) is -2.25. The second-order valence-electron chi connectivity index (χ2n) is 2.59. The molecule has 0 aromatic heterocycles. The first-order chi connectivity index (χ1) is 7.76. The van der Waals surface area contributed by atoms with Crippen molar-refractivity contribution in [1.29, 1.82) is 0 Å². The van der Waals surface area contributed by atoms with Crippen LogP contribution in [-0.4, -0.2) is 51.7 Å². The van der Waals surface area contributed by atoms with Gasteiger partial charge < -0.3 is 25.9 Å². The SMILES string of the molecule is NC(CS)C(=O)O.O=C(O)C(CO)N[P+](=O)[O-]. The van der Waals surface area contributed by atoms with E-state index in [0.717, 1.165) is 0 Å². The van der Waals surface area contributed by atoms with E-state index in [9.17, 15) is 19.0 Å². The summed E-state index contributed by atoms with van der Waals surface area (Å²) in [7, 11) is -2.97. The summed E-state index contributed by atoms with van der Waals surface area (Å²) in [6.45, 7) is -0.751. The Morgan fingerprint density at radius 1 is 1.41 bits per heavy atom. The molecule has 0 aliphatic rings. The normalized spacial score (nSPS) is 14.0. The highest BCUT2D eigenvalue weighted by molar-refractivity contribution is 7.80. The molecular formula is C6H13N2O7PS. The van der Waals surface area contributed by atoms with Crippen LogP contribution in [0.1, 0.15) is 0 Å². The van der Waals surface area contributed by atoms with E-state index >= 15 is 0 Å². The van der Waals surface area contributed by atoms with E-state index in [-0.39, 0.29) is 5.75 Å². The van der Waals surface area contributed by atoms with Crippen LogP contribution in [0.15, 0.2) is 0 Å². The number of aliphatic hydroxyl groups is 1. The zero-order valence-corrected chi connectivity index (χ0v) is 10.3. The number of carboxylic acids is 2. The number of aliphatic carboxylic acids is 2. The van der Waals surface area contributed by atoms with Gasteiger partial charge in [-0.15, -0.1) is 0 Å². The lowest BCUT2D eigenvalue weighted by atomic mass is 10.3. The number of carbonyl (C=O) groups is 2. The summed E-state index contributed by atoms with van der Waals surface area (Å²) in [5.74, 6) is -2.22. The van der Waals surface area contributed by atoms with Gasteiger partial charge in [0.05, 0.1) is 6.61 Å². The highest BCUT2D eigenvalue weighted by Crippen LogP contribution is 2.00. The van der Waals surface area contributed by atoms with Gasteiger partial charge in [-0.25, -0.2) is 0 Å². The van der Waals surface area contributed by atoms with Crippen molar-refractivity contribution in [2.45, 2.75) is 12.1 Å². The summed E-state index contributed by atoms with van der Waals surface area (Å²) in [5.41, 5.74) is 4.94. The molecule has 0 saturated heterocycles. The van der Waals surface area contributed by atoms with Crippen LogP contribution in [0.25, 0.3) is 0 Å². The van der Waals surface area contributed by atoms with Crippen molar-refractivity contribution < 1.29 is 34.4 Å². The number of rotatable bonds is 6. The standard InChI is InChI=1S/C3H6NO5P.C3H7NO2S/c5-1-2(3(6)7)4-10(8)9;4-2(1-7)3(5)6/h2,5H,1H2,(H,6,7)(H,4,8,9);2,7H,1,4H2,(H,5,6). The topological polar surface area (TPSA) is 173 Å². The first-order valence-corrected chi connectivity index (χ1v) is 5.90. The van der Waals surface area contributed by atoms with E-state index in [4.69, 9.17) is 21.1 Å². The van der Waals surface area contributed by atoms with E-state index in [1.807, 2.05) is 0 Å². The third-order valence-electron chi connectivity index (χ3n) is 1.26. The van der Waals surface area contributed by atoms with Gasteiger partial charge in [-0.05, 0) is 0 Å². The molecule has 0 aromatic carbocycles. The van der Waals surface area contributed by atoms with Crippen molar-refractivity contribution in [3.05, 3.63) is 0 Å². The van der Waals surface area contributed by atoms with Crippen molar-refractivity contribution in [3.8, 4) is 0 Å². The molecule has 17 heavy (non-hydrogen) atoms. The first kappa shape index (κ1) is 18.6. The molecule has 100 valence electrons. The highest BCUT2D eigenvalue weighted by Gasteiger charge is 2.20. The molecule has 0 radical (unpaired) electrons. The molecule has 0 aliphatic carbocycles. The number of aliphatic hydroxyl groups excluding tert-OH is 1. The third kappa shape index (κ3) is 11.5. The Bertz CT molecular complexity index is 277. The largest absolute Gasteiger partial charge is 0.578 e. The van der Waals surface area contributed by atoms with Crippen molar-refractivity contribution in [2.75, 3.05) is 12.4 Å². The lowest BCUT2D eigenvalue weighted by Crippen LogP contribution is -2.36. The lowest BCUT2D eigenvalue weighted by Gasteiger charge is -2.02. The number of nitrogens with one attached hydrogen (secondary N) is 1. The van der Waals surface area contributed by atoms with Crippen molar-refractivity contribution >= 4 is 32.7 Å². The molecule has 0 bridgehead atoms. The van der Waals surface area contributed by atoms with Crippen LogP contribution in [0, 0.1) is 0 Å². The molecule has 9 nitrogen and oxygen atoms in total. The molecule has 11 heteroatoms. The molecule has 0 heterocycles. The van der Waals surface area contributed by atoms with E-state index < -0.39 is 38.8 Å². The van der Waals surface area contributed by atoms with Crippen molar-refractivity contribution in [2.24, 2.45) is 5.73 Å². The predicted octanol–water partition coefficient (Wildman–Crippen LogP) is -2.63. The minimum Gasteiger partial charge on any atom is -0.578 e. The molecule has 0 saturated carbocycles. The molecule has 6 N–H and O–H groups in total. The Balaban J connectivity index is 0. The number of hydrogen-bond donors (Lipinski definition) is 6. The predicted molar refractivity (Wildman–Crippen MR) is 58.7 cm³/mol. The monoisotopic (exact) mass is 288 g/mol. The second-order valence-corrected chi connectivity index (χ2v) is 3.72. The van der Waals surface area contributed by atoms with Crippen LogP contribution in [0.3, 0.4) is 0 Å². The zero-order chi connectivity index (χ0) is 14.0. The fourth-order valence-electron chi connectivity index (χ4n) is 0.379. The molecule has 0 fully saturated rings. The van der Waals surface area contributed by atoms with Gasteiger partial charge >= 0.3 is 20.1 Å². The minimum atomic E-state index is -2.97. The van der Waals surface area contributed by atoms with E-state index in [0.29, 0.717) is 0 Å². The van der Waals surface area contributed by atoms with Crippen LogP contribution in [0.5, 0.6) is 0 Å². The van der Waals surface area contributed by atoms with E-state index in [2.05, 4.69) is 12.6 Å². The summed E-state index contributed by atoms with van der Waals surface area (Å²) in [5, 5.41) is 26.0. The molecule has 3 atom stereocenters. The van der Waals surface area contributed by atoms with E-state index in [1.165, 1.54) is 0 Å². The molecule has 0 aromatic rings. The maximum Gasteiger partial charge on any atom is 0.409 e. The Hall–Kier alpha value is -0.770. The number of hydrogen-bond acceptors (Lipinski definition) is 7. The Labute approximate surface area is 103 Å². The van der Waals surface area contributed by atoms with Gasteiger partial charge in [-0.2, -0.15) is 12.6 Å². The van der Waals surface area contributed by atoms with Crippen LogP contribution in [-0.2, 0) is 14.2 Å². The fraction of sp³-hybridized carbons (Fsp3) is 0.667.